The molecule has 0 saturated heterocycles. The van der Waals surface area contributed by atoms with Crippen molar-refractivity contribution in [3.63, 3.8) is 0 Å². The summed E-state index contributed by atoms with van der Waals surface area (Å²) < 4.78 is 7.31. The zero-order valence-electron chi connectivity index (χ0n) is 17.0. The van der Waals surface area contributed by atoms with Gasteiger partial charge in [0.2, 0.25) is 0 Å². The molecule has 0 spiro atoms. The van der Waals surface area contributed by atoms with E-state index in [1.165, 1.54) is 11.3 Å². The first-order chi connectivity index (χ1) is 15.0. The minimum atomic E-state index is -0.647. The highest BCUT2D eigenvalue weighted by molar-refractivity contribution is 7.07. The van der Waals surface area contributed by atoms with E-state index in [0.29, 0.717) is 25.6 Å². The van der Waals surface area contributed by atoms with Crippen LogP contribution in [0.25, 0.3) is 6.20 Å². The number of benzene rings is 2. The van der Waals surface area contributed by atoms with Crippen LogP contribution in [0, 0.1) is 0 Å². The highest BCUT2D eigenvalue weighted by Gasteiger charge is 2.33. The Balaban J connectivity index is 1.87. The van der Waals surface area contributed by atoms with E-state index in [1.54, 1.807) is 36.7 Å². The van der Waals surface area contributed by atoms with E-state index in [9.17, 15) is 9.59 Å². The van der Waals surface area contributed by atoms with Crippen LogP contribution in [0.5, 0.6) is 0 Å². The third kappa shape index (κ3) is 4.19. The van der Waals surface area contributed by atoms with Gasteiger partial charge in [0.05, 0.1) is 23.9 Å². The van der Waals surface area contributed by atoms with Crippen molar-refractivity contribution in [2.75, 3.05) is 11.9 Å². The van der Waals surface area contributed by atoms with Crippen LogP contribution in [0.4, 0.5) is 5.69 Å². The number of carbonyl (C=O) groups is 1. The molecule has 158 valence electrons. The van der Waals surface area contributed by atoms with Crippen molar-refractivity contribution < 1.29 is 9.53 Å². The largest absolute Gasteiger partial charge is 0.463 e. The number of rotatable bonds is 5. The topological polar surface area (TPSA) is 72.7 Å². The number of aromatic nitrogens is 1. The van der Waals surface area contributed by atoms with Crippen LogP contribution in [0.3, 0.4) is 0 Å². The highest BCUT2D eigenvalue weighted by Crippen LogP contribution is 2.31. The lowest BCUT2D eigenvalue weighted by Gasteiger charge is -2.24. The molecular formula is C23H20ClN3O3S. The van der Waals surface area contributed by atoms with E-state index in [1.807, 2.05) is 42.5 Å². The Labute approximate surface area is 187 Å². The summed E-state index contributed by atoms with van der Waals surface area (Å²) in [6, 6.07) is 16.0. The second kappa shape index (κ2) is 8.91. The van der Waals surface area contributed by atoms with Crippen LogP contribution >= 0.6 is 22.9 Å². The fourth-order valence-electron chi connectivity index (χ4n) is 3.44. The Kier molecular flexibility index (Phi) is 6.06. The standard InChI is InChI=1S/C23H20ClN3O3S/c1-3-30-22(29)19-14(2)26-23-27(20(19)15-9-11-16(24)12-10-15)21(28)18(31-23)13-25-17-7-5-4-6-8-17/h4-13,20,25H,3H2,1-2H3/b18-13-/t20-/m0/s1. The molecule has 1 N–H and O–H groups in total. The molecule has 0 saturated carbocycles. The smallest absolute Gasteiger partial charge is 0.338 e. The normalized spacial score (nSPS) is 16.0. The van der Waals surface area contributed by atoms with E-state index < -0.39 is 12.0 Å². The summed E-state index contributed by atoms with van der Waals surface area (Å²) in [6.45, 7) is 3.73. The van der Waals surface area contributed by atoms with E-state index in [2.05, 4.69) is 10.3 Å². The van der Waals surface area contributed by atoms with Gasteiger partial charge in [-0.1, -0.05) is 53.3 Å². The Morgan fingerprint density at radius 3 is 2.61 bits per heavy atom. The summed E-state index contributed by atoms with van der Waals surface area (Å²) in [7, 11) is 0. The summed E-state index contributed by atoms with van der Waals surface area (Å²) in [5.74, 6) is -0.486. The van der Waals surface area contributed by atoms with Gasteiger partial charge in [-0.25, -0.2) is 9.79 Å². The Hall–Kier alpha value is -3.16. The van der Waals surface area contributed by atoms with Crippen LogP contribution in [-0.4, -0.2) is 17.1 Å². The highest BCUT2D eigenvalue weighted by atomic mass is 35.5. The first-order valence-corrected chi connectivity index (χ1v) is 10.9. The van der Waals surface area contributed by atoms with Crippen molar-refractivity contribution in [2.45, 2.75) is 19.9 Å². The van der Waals surface area contributed by atoms with Crippen LogP contribution < -0.4 is 20.2 Å². The number of para-hydroxylation sites is 1. The number of nitrogens with one attached hydrogen (secondary N) is 1. The number of anilines is 1. The number of allylic oxidation sites excluding steroid dienone is 1. The average molecular weight is 454 g/mol. The van der Waals surface area contributed by atoms with Gasteiger partial charge in [-0.2, -0.15) is 0 Å². The molecule has 1 aliphatic heterocycles. The Morgan fingerprint density at radius 1 is 1.23 bits per heavy atom. The molecule has 2 aromatic carbocycles. The van der Waals surface area contributed by atoms with Crippen molar-refractivity contribution >= 4 is 40.8 Å². The van der Waals surface area contributed by atoms with Gasteiger partial charge in [0, 0.05) is 16.9 Å². The van der Waals surface area contributed by atoms with Crippen molar-refractivity contribution in [1.29, 1.82) is 0 Å². The molecular weight excluding hydrogens is 434 g/mol. The summed E-state index contributed by atoms with van der Waals surface area (Å²) >= 11 is 7.33. The number of esters is 1. The lowest BCUT2D eigenvalue weighted by Crippen LogP contribution is -2.40. The molecule has 0 bridgehead atoms. The van der Waals surface area contributed by atoms with Crippen LogP contribution in [-0.2, 0) is 9.53 Å². The molecule has 3 aromatic rings. The first-order valence-electron chi connectivity index (χ1n) is 9.74. The maximum atomic E-state index is 13.4. The quantitative estimate of drug-likeness (QED) is 0.600. The van der Waals surface area contributed by atoms with Gasteiger partial charge in [0.15, 0.2) is 4.80 Å². The van der Waals surface area contributed by atoms with Crippen LogP contribution in [0.15, 0.2) is 75.7 Å². The summed E-state index contributed by atoms with van der Waals surface area (Å²) in [5, 5.41) is 3.72. The molecule has 1 aromatic heterocycles. The molecule has 1 atom stereocenters. The molecule has 0 radical (unpaired) electrons. The van der Waals surface area contributed by atoms with Crippen molar-refractivity contribution in [3.8, 4) is 0 Å². The minimum absolute atomic E-state index is 0.231. The van der Waals surface area contributed by atoms with Gasteiger partial charge in [0.25, 0.3) is 5.56 Å². The number of thiazole rings is 1. The molecule has 0 fully saturated rings. The Bertz CT molecular complexity index is 1330. The van der Waals surface area contributed by atoms with E-state index in [4.69, 9.17) is 16.3 Å². The SMILES string of the molecule is CCOC(=O)C1=C(C)N=c2s/c(=C\Nc3ccccc3)c(=O)n2[C@H]1c1ccc(Cl)cc1. The second-order valence-corrected chi connectivity index (χ2v) is 8.31. The lowest BCUT2D eigenvalue weighted by atomic mass is 9.96. The van der Waals surface area contributed by atoms with Gasteiger partial charge >= 0.3 is 5.97 Å². The number of ether oxygens (including phenoxy) is 1. The van der Waals surface area contributed by atoms with E-state index >= 15 is 0 Å². The maximum absolute atomic E-state index is 13.4. The Morgan fingerprint density at radius 2 is 1.94 bits per heavy atom. The van der Waals surface area contributed by atoms with Crippen molar-refractivity contribution in [2.24, 2.45) is 4.99 Å². The first kappa shape index (κ1) is 21.1. The van der Waals surface area contributed by atoms with Crippen molar-refractivity contribution in [1.82, 2.24) is 4.57 Å². The molecule has 0 amide bonds. The van der Waals surface area contributed by atoms with Gasteiger partial charge in [-0.15, -0.1) is 0 Å². The molecule has 8 heteroatoms. The number of carbonyl (C=O) groups excluding carboxylic acids is 1. The number of fused-ring (bicyclic) bond motifs is 1. The molecule has 1 aliphatic rings. The number of hydrogen-bond acceptors (Lipinski definition) is 6. The third-order valence-electron chi connectivity index (χ3n) is 4.85. The molecule has 6 nitrogen and oxygen atoms in total. The maximum Gasteiger partial charge on any atom is 0.338 e. The van der Waals surface area contributed by atoms with E-state index in [-0.39, 0.29) is 12.2 Å². The van der Waals surface area contributed by atoms with Gasteiger partial charge in [0.1, 0.15) is 4.53 Å². The molecule has 0 aliphatic carbocycles. The average Bonchev–Trinajstić information content (AvgIpc) is 3.07. The summed E-state index contributed by atoms with van der Waals surface area (Å²) in [6.07, 6.45) is 1.67. The predicted molar refractivity (Wildman–Crippen MR) is 123 cm³/mol. The minimum Gasteiger partial charge on any atom is -0.463 e. The second-order valence-electron chi connectivity index (χ2n) is 6.86. The predicted octanol–water partition coefficient (Wildman–Crippen LogP) is 3.47. The number of hydrogen-bond donors (Lipinski definition) is 1. The van der Waals surface area contributed by atoms with Gasteiger partial charge < -0.3 is 10.1 Å². The van der Waals surface area contributed by atoms with Gasteiger partial charge in [-0.3, -0.25) is 9.36 Å². The number of nitrogens with zero attached hydrogens (tertiary/aromatic N) is 2. The van der Waals surface area contributed by atoms with E-state index in [0.717, 1.165) is 11.3 Å². The van der Waals surface area contributed by atoms with Gasteiger partial charge in [-0.05, 0) is 43.7 Å². The zero-order valence-corrected chi connectivity index (χ0v) is 18.5. The summed E-state index contributed by atoms with van der Waals surface area (Å²) in [4.78, 5) is 31.2. The molecule has 31 heavy (non-hydrogen) atoms. The zero-order chi connectivity index (χ0) is 22.0. The molecule has 2 heterocycles. The monoisotopic (exact) mass is 453 g/mol. The number of halogens is 1. The van der Waals surface area contributed by atoms with Crippen LogP contribution in [0.1, 0.15) is 25.5 Å². The fourth-order valence-corrected chi connectivity index (χ4v) is 4.53. The fraction of sp³-hybridized carbons (Fsp3) is 0.174. The van der Waals surface area contributed by atoms with Crippen LogP contribution in [0.2, 0.25) is 5.02 Å². The van der Waals surface area contributed by atoms with Crippen molar-refractivity contribution in [3.05, 3.63) is 96.1 Å². The molecule has 4 rings (SSSR count). The molecule has 0 unspecified atom stereocenters. The third-order valence-corrected chi connectivity index (χ3v) is 6.08. The summed E-state index contributed by atoms with van der Waals surface area (Å²) in [5.41, 5.74) is 2.26. The lowest BCUT2D eigenvalue weighted by molar-refractivity contribution is -0.139.